The third kappa shape index (κ3) is 2.66. The number of nitrogens with two attached hydrogens (primary N) is 2. The maximum atomic E-state index is 13.3. The second kappa shape index (κ2) is 4.89. The molecule has 0 saturated carbocycles. The van der Waals surface area contributed by atoms with Crippen molar-refractivity contribution in [1.29, 1.82) is 0 Å². The number of carbonyl (C=O) groups is 1. The lowest BCUT2D eigenvalue weighted by Gasteiger charge is -2.11. The molecule has 4 nitrogen and oxygen atoms in total. The van der Waals surface area contributed by atoms with Crippen LogP contribution in [0.4, 0.5) is 14.5 Å². The van der Waals surface area contributed by atoms with Gasteiger partial charge in [0.25, 0.3) is 0 Å². The minimum absolute atomic E-state index is 0.0228. The Hall–Kier alpha value is -1.69. The minimum Gasteiger partial charge on any atom is -0.468 e. The molecule has 4 N–H and O–H groups in total. The molecule has 0 spiro atoms. The quantitative estimate of drug-likeness (QED) is 0.588. The van der Waals surface area contributed by atoms with E-state index < -0.39 is 23.6 Å². The van der Waals surface area contributed by atoms with Crippen LogP contribution in [0.1, 0.15) is 5.56 Å². The molecule has 0 aliphatic heterocycles. The molecular weight excluding hydrogens is 218 g/mol. The summed E-state index contributed by atoms with van der Waals surface area (Å²) in [5.41, 5.74) is 10.3. The number of benzene rings is 1. The Balaban J connectivity index is 2.93. The smallest absolute Gasteiger partial charge is 0.322 e. The van der Waals surface area contributed by atoms with E-state index in [9.17, 15) is 13.6 Å². The van der Waals surface area contributed by atoms with E-state index in [1.54, 1.807) is 0 Å². The largest absolute Gasteiger partial charge is 0.468 e. The monoisotopic (exact) mass is 230 g/mol. The van der Waals surface area contributed by atoms with Crippen LogP contribution in [0.25, 0.3) is 0 Å². The van der Waals surface area contributed by atoms with E-state index in [0.29, 0.717) is 0 Å². The predicted molar refractivity (Wildman–Crippen MR) is 54.5 cm³/mol. The molecule has 16 heavy (non-hydrogen) atoms. The molecule has 6 heteroatoms. The molecule has 0 unspecified atom stereocenters. The maximum absolute atomic E-state index is 13.3. The molecule has 88 valence electrons. The zero-order chi connectivity index (χ0) is 12.3. The van der Waals surface area contributed by atoms with Gasteiger partial charge in [-0.15, -0.1) is 0 Å². The zero-order valence-corrected chi connectivity index (χ0v) is 8.67. The van der Waals surface area contributed by atoms with Gasteiger partial charge in [0, 0.05) is 17.7 Å². The molecule has 0 aromatic heterocycles. The fourth-order valence-corrected chi connectivity index (χ4v) is 1.27. The molecule has 0 amide bonds. The number of hydrogen-bond acceptors (Lipinski definition) is 4. The molecule has 1 rings (SSSR count). The van der Waals surface area contributed by atoms with Gasteiger partial charge < -0.3 is 16.2 Å². The van der Waals surface area contributed by atoms with Gasteiger partial charge in [-0.3, -0.25) is 4.79 Å². The van der Waals surface area contributed by atoms with Crippen LogP contribution >= 0.6 is 0 Å². The second-order valence-electron chi connectivity index (χ2n) is 3.30. The summed E-state index contributed by atoms with van der Waals surface area (Å²) < 4.78 is 31.0. The molecule has 1 aromatic carbocycles. The normalized spacial score (nSPS) is 12.2. The summed E-state index contributed by atoms with van der Waals surface area (Å²) in [6.07, 6.45) is -0.273. The number of methoxy groups -OCH3 is 1. The fourth-order valence-electron chi connectivity index (χ4n) is 1.27. The molecule has 0 aliphatic carbocycles. The standard InChI is InChI=1S/C10H12F2N2O2/c1-16-10(15)9(14)4-6-7(11)2-5(13)3-8(6)12/h2-3,9H,4,13-14H2,1H3/t9-/m1/s1. The number of nitrogen functional groups attached to an aromatic ring is 1. The molecule has 1 atom stereocenters. The third-order valence-electron chi connectivity index (χ3n) is 2.09. The number of rotatable bonds is 3. The topological polar surface area (TPSA) is 78.3 Å². The number of ether oxygens (including phenoxy) is 1. The Bertz CT molecular complexity index is 387. The van der Waals surface area contributed by atoms with E-state index in [-0.39, 0.29) is 17.7 Å². The third-order valence-corrected chi connectivity index (χ3v) is 2.09. The van der Waals surface area contributed by atoms with Crippen LogP contribution in [0.5, 0.6) is 0 Å². The summed E-state index contributed by atoms with van der Waals surface area (Å²) in [5, 5.41) is 0. The highest BCUT2D eigenvalue weighted by Gasteiger charge is 2.19. The number of anilines is 1. The first kappa shape index (κ1) is 12.4. The second-order valence-corrected chi connectivity index (χ2v) is 3.30. The van der Waals surface area contributed by atoms with Gasteiger partial charge in [0.1, 0.15) is 17.7 Å². The van der Waals surface area contributed by atoms with Gasteiger partial charge in [0.2, 0.25) is 0 Å². The SMILES string of the molecule is COC(=O)[C@H](N)Cc1c(F)cc(N)cc1F. The van der Waals surface area contributed by atoms with Crippen molar-refractivity contribution >= 4 is 11.7 Å². The molecule has 0 heterocycles. The first-order valence-electron chi connectivity index (χ1n) is 4.52. The molecule has 0 radical (unpaired) electrons. The number of esters is 1. The van der Waals surface area contributed by atoms with Crippen molar-refractivity contribution in [2.24, 2.45) is 5.73 Å². The lowest BCUT2D eigenvalue weighted by Crippen LogP contribution is -2.34. The highest BCUT2D eigenvalue weighted by molar-refractivity contribution is 5.75. The van der Waals surface area contributed by atoms with E-state index in [2.05, 4.69) is 4.74 Å². The van der Waals surface area contributed by atoms with Crippen LogP contribution in [0, 0.1) is 11.6 Å². The summed E-state index contributed by atoms with van der Waals surface area (Å²) >= 11 is 0. The lowest BCUT2D eigenvalue weighted by atomic mass is 10.0. The predicted octanol–water partition coefficient (Wildman–Crippen LogP) is 0.590. The van der Waals surface area contributed by atoms with E-state index in [4.69, 9.17) is 11.5 Å². The van der Waals surface area contributed by atoms with Gasteiger partial charge in [-0.25, -0.2) is 8.78 Å². The molecular formula is C10H12F2N2O2. The summed E-state index contributed by atoms with van der Waals surface area (Å²) in [5.74, 6) is -2.37. The summed E-state index contributed by atoms with van der Waals surface area (Å²) in [6.45, 7) is 0. The first-order chi connectivity index (χ1) is 7.45. The van der Waals surface area contributed by atoms with Crippen LogP contribution < -0.4 is 11.5 Å². The number of hydrogen-bond donors (Lipinski definition) is 2. The lowest BCUT2D eigenvalue weighted by molar-refractivity contribution is -0.142. The summed E-state index contributed by atoms with van der Waals surface area (Å²) in [7, 11) is 1.15. The van der Waals surface area contributed by atoms with Gasteiger partial charge in [-0.05, 0) is 12.1 Å². The average Bonchev–Trinajstić information content (AvgIpc) is 2.21. The number of carbonyl (C=O) groups excluding carboxylic acids is 1. The van der Waals surface area contributed by atoms with Gasteiger partial charge in [-0.1, -0.05) is 0 Å². The van der Waals surface area contributed by atoms with Gasteiger partial charge >= 0.3 is 5.97 Å². The molecule has 0 fully saturated rings. The Morgan fingerprint density at radius 2 is 1.94 bits per heavy atom. The van der Waals surface area contributed by atoms with Gasteiger partial charge in [0.15, 0.2) is 0 Å². The van der Waals surface area contributed by atoms with Crippen LogP contribution in [0.2, 0.25) is 0 Å². The maximum Gasteiger partial charge on any atom is 0.322 e. The van der Waals surface area contributed by atoms with Gasteiger partial charge in [0.05, 0.1) is 7.11 Å². The van der Waals surface area contributed by atoms with E-state index >= 15 is 0 Å². The van der Waals surface area contributed by atoms with Crippen LogP contribution in [-0.4, -0.2) is 19.1 Å². The Morgan fingerprint density at radius 1 is 1.44 bits per heavy atom. The molecule has 0 aliphatic rings. The average molecular weight is 230 g/mol. The Labute approximate surface area is 91.2 Å². The highest BCUT2D eigenvalue weighted by Crippen LogP contribution is 2.18. The summed E-state index contributed by atoms with van der Waals surface area (Å²) in [6, 6.07) is 0.850. The van der Waals surface area contributed by atoms with Crippen molar-refractivity contribution in [2.75, 3.05) is 12.8 Å². The van der Waals surface area contributed by atoms with E-state index in [1.165, 1.54) is 0 Å². The fraction of sp³-hybridized carbons (Fsp3) is 0.300. The summed E-state index contributed by atoms with van der Waals surface area (Å²) in [4.78, 5) is 11.0. The van der Waals surface area contributed by atoms with Crippen LogP contribution in [-0.2, 0) is 16.0 Å². The Morgan fingerprint density at radius 3 is 2.38 bits per heavy atom. The minimum atomic E-state index is -1.10. The van der Waals surface area contributed by atoms with Crippen molar-refractivity contribution in [3.8, 4) is 0 Å². The molecule has 0 bridgehead atoms. The highest BCUT2D eigenvalue weighted by atomic mass is 19.1. The number of halogens is 2. The molecule has 0 saturated heterocycles. The van der Waals surface area contributed by atoms with Crippen molar-refractivity contribution in [3.63, 3.8) is 0 Å². The van der Waals surface area contributed by atoms with Crippen molar-refractivity contribution in [3.05, 3.63) is 29.3 Å². The molecule has 1 aromatic rings. The van der Waals surface area contributed by atoms with Crippen LogP contribution in [0.3, 0.4) is 0 Å². The Kier molecular flexibility index (Phi) is 3.78. The first-order valence-corrected chi connectivity index (χ1v) is 4.52. The zero-order valence-electron chi connectivity index (χ0n) is 8.67. The van der Waals surface area contributed by atoms with Gasteiger partial charge in [-0.2, -0.15) is 0 Å². The van der Waals surface area contributed by atoms with E-state index in [0.717, 1.165) is 19.2 Å². The van der Waals surface area contributed by atoms with Crippen molar-refractivity contribution in [2.45, 2.75) is 12.5 Å². The van der Waals surface area contributed by atoms with Crippen molar-refractivity contribution in [1.82, 2.24) is 0 Å². The van der Waals surface area contributed by atoms with E-state index in [1.807, 2.05) is 0 Å². The van der Waals surface area contributed by atoms with Crippen LogP contribution in [0.15, 0.2) is 12.1 Å². The van der Waals surface area contributed by atoms with Crippen molar-refractivity contribution < 1.29 is 18.3 Å².